The lowest BCUT2D eigenvalue weighted by Crippen LogP contribution is -2.29. The van der Waals surface area contributed by atoms with Crippen LogP contribution in [0.3, 0.4) is 0 Å². The second-order valence-corrected chi connectivity index (χ2v) is 5.95. The minimum Gasteiger partial charge on any atom is -0.466 e. The van der Waals surface area contributed by atoms with Crippen LogP contribution in [0.15, 0.2) is 24.3 Å². The third-order valence-corrected chi connectivity index (χ3v) is 3.87. The molecule has 0 atom stereocenters. The maximum atomic E-state index is 12.1. The molecule has 0 aliphatic rings. The Bertz CT molecular complexity index is 780. The summed E-state index contributed by atoms with van der Waals surface area (Å²) in [4.78, 5) is 23.4. The molecule has 2 rings (SSSR count). The highest BCUT2D eigenvalue weighted by Gasteiger charge is 2.12. The van der Waals surface area contributed by atoms with E-state index in [1.165, 1.54) is 0 Å². The first-order valence-electron chi connectivity index (χ1n) is 8.15. The van der Waals surface area contributed by atoms with Crippen LogP contribution < -0.4 is 5.32 Å². The number of nitrogens with zero attached hydrogens (tertiary/aromatic N) is 2. The third kappa shape index (κ3) is 5.53. The zero-order chi connectivity index (χ0) is 18.2. The first-order chi connectivity index (χ1) is 12.0. The highest BCUT2D eigenvalue weighted by atomic mass is 32.1. The monoisotopic (exact) mass is 362 g/mol. The van der Waals surface area contributed by atoms with Crippen molar-refractivity contribution in [3.63, 3.8) is 0 Å². The molecule has 0 aliphatic carbocycles. The number of esters is 1. The summed E-state index contributed by atoms with van der Waals surface area (Å²) in [5.74, 6) is 0.178. The second-order valence-electron chi connectivity index (χ2n) is 5.56. The van der Waals surface area contributed by atoms with Gasteiger partial charge >= 0.3 is 5.97 Å². The van der Waals surface area contributed by atoms with Crippen LogP contribution in [0.5, 0.6) is 0 Å². The van der Waals surface area contributed by atoms with Gasteiger partial charge in [0, 0.05) is 18.5 Å². The molecule has 7 nitrogen and oxygen atoms in total. The van der Waals surface area contributed by atoms with Gasteiger partial charge in [0.25, 0.3) is 0 Å². The number of aromatic nitrogens is 3. The SMILES string of the molecule is CCOC(=O)CCCNC(=O)Cn1c(-c2ccc(C)cc2)n[nH]c1=S. The number of ether oxygens (including phenoxy) is 1. The summed E-state index contributed by atoms with van der Waals surface area (Å²) in [6.07, 6.45) is 0.819. The van der Waals surface area contributed by atoms with Crippen molar-refractivity contribution in [3.8, 4) is 11.4 Å². The van der Waals surface area contributed by atoms with Crippen LogP contribution in [0.4, 0.5) is 0 Å². The van der Waals surface area contributed by atoms with Gasteiger partial charge in [0.2, 0.25) is 5.91 Å². The third-order valence-electron chi connectivity index (χ3n) is 3.55. The number of aromatic amines is 1. The number of H-pyrrole nitrogens is 1. The standard InChI is InChI=1S/C17H22N4O3S/c1-3-24-15(23)5-4-10-18-14(22)11-21-16(19-20-17(21)25)13-8-6-12(2)7-9-13/h6-9H,3-5,10-11H2,1-2H3,(H,18,22)(H,20,25). The van der Waals surface area contributed by atoms with Crippen LogP contribution in [-0.4, -0.2) is 39.8 Å². The normalized spacial score (nSPS) is 10.5. The summed E-state index contributed by atoms with van der Waals surface area (Å²) >= 11 is 5.22. The van der Waals surface area contributed by atoms with E-state index in [-0.39, 0.29) is 24.8 Å². The van der Waals surface area contributed by atoms with E-state index in [1.807, 2.05) is 31.2 Å². The predicted octanol–water partition coefficient (Wildman–Crippen LogP) is 2.38. The summed E-state index contributed by atoms with van der Waals surface area (Å²) < 4.78 is 6.88. The van der Waals surface area contributed by atoms with Crippen molar-refractivity contribution in [1.29, 1.82) is 0 Å². The average molecular weight is 362 g/mol. The smallest absolute Gasteiger partial charge is 0.305 e. The number of hydrogen-bond acceptors (Lipinski definition) is 5. The maximum Gasteiger partial charge on any atom is 0.305 e. The summed E-state index contributed by atoms with van der Waals surface area (Å²) in [7, 11) is 0. The molecule has 2 aromatic rings. The fourth-order valence-corrected chi connectivity index (χ4v) is 2.48. The Labute approximate surface area is 151 Å². The fraction of sp³-hybridized carbons (Fsp3) is 0.412. The molecule has 0 spiro atoms. The highest BCUT2D eigenvalue weighted by molar-refractivity contribution is 7.71. The Balaban J connectivity index is 1.93. The number of benzene rings is 1. The molecule has 0 saturated heterocycles. The van der Waals surface area contributed by atoms with Crippen LogP contribution in [0.1, 0.15) is 25.3 Å². The van der Waals surface area contributed by atoms with Gasteiger partial charge in [0.05, 0.1) is 6.61 Å². The van der Waals surface area contributed by atoms with E-state index < -0.39 is 0 Å². The summed E-state index contributed by atoms with van der Waals surface area (Å²) in [6.45, 7) is 4.61. The van der Waals surface area contributed by atoms with Gasteiger partial charge in [-0.25, -0.2) is 0 Å². The van der Waals surface area contributed by atoms with E-state index in [0.29, 0.717) is 30.2 Å². The second kappa shape index (κ2) is 9.12. The number of aryl methyl sites for hydroxylation is 1. The van der Waals surface area contributed by atoms with E-state index >= 15 is 0 Å². The average Bonchev–Trinajstić information content (AvgIpc) is 2.93. The maximum absolute atomic E-state index is 12.1. The van der Waals surface area contributed by atoms with Crippen LogP contribution in [0, 0.1) is 11.7 Å². The number of rotatable bonds is 8. The Morgan fingerprint density at radius 1 is 1.32 bits per heavy atom. The Morgan fingerprint density at radius 3 is 2.72 bits per heavy atom. The van der Waals surface area contributed by atoms with Crippen LogP contribution in [-0.2, 0) is 20.9 Å². The summed E-state index contributed by atoms with van der Waals surface area (Å²) in [5, 5.41) is 9.72. The lowest BCUT2D eigenvalue weighted by Gasteiger charge is -2.08. The first-order valence-corrected chi connectivity index (χ1v) is 8.56. The Hall–Kier alpha value is -2.48. The van der Waals surface area contributed by atoms with Gasteiger partial charge in [0.1, 0.15) is 6.54 Å². The largest absolute Gasteiger partial charge is 0.466 e. The lowest BCUT2D eigenvalue weighted by molar-refractivity contribution is -0.143. The zero-order valence-electron chi connectivity index (χ0n) is 14.4. The zero-order valence-corrected chi connectivity index (χ0v) is 15.2. The molecule has 0 radical (unpaired) electrons. The number of hydrogen-bond donors (Lipinski definition) is 2. The van der Waals surface area contributed by atoms with Crippen molar-refractivity contribution < 1.29 is 14.3 Å². The molecular formula is C17H22N4O3S. The minimum atomic E-state index is -0.254. The van der Waals surface area contributed by atoms with Crippen molar-refractivity contribution in [2.75, 3.05) is 13.2 Å². The van der Waals surface area contributed by atoms with Gasteiger partial charge in [-0.1, -0.05) is 29.8 Å². The molecule has 0 bridgehead atoms. The van der Waals surface area contributed by atoms with Gasteiger partial charge in [-0.3, -0.25) is 19.3 Å². The topological polar surface area (TPSA) is 89.0 Å². The highest BCUT2D eigenvalue weighted by Crippen LogP contribution is 2.17. The van der Waals surface area contributed by atoms with E-state index in [4.69, 9.17) is 17.0 Å². The molecule has 0 fully saturated rings. The van der Waals surface area contributed by atoms with E-state index in [1.54, 1.807) is 11.5 Å². The van der Waals surface area contributed by atoms with E-state index in [2.05, 4.69) is 15.5 Å². The quantitative estimate of drug-likeness (QED) is 0.428. The Morgan fingerprint density at radius 2 is 2.04 bits per heavy atom. The molecular weight excluding hydrogens is 340 g/mol. The first kappa shape index (κ1) is 18.9. The fourth-order valence-electron chi connectivity index (χ4n) is 2.28. The number of amides is 1. The van der Waals surface area contributed by atoms with E-state index in [0.717, 1.165) is 11.1 Å². The predicted molar refractivity (Wildman–Crippen MR) is 96.5 cm³/mol. The molecule has 134 valence electrons. The number of nitrogens with one attached hydrogen (secondary N) is 2. The number of carbonyl (C=O) groups excluding carboxylic acids is 2. The van der Waals surface area contributed by atoms with E-state index in [9.17, 15) is 9.59 Å². The van der Waals surface area contributed by atoms with Crippen LogP contribution in [0.2, 0.25) is 0 Å². The molecule has 8 heteroatoms. The van der Waals surface area contributed by atoms with Gasteiger partial charge in [-0.15, -0.1) is 0 Å². The van der Waals surface area contributed by atoms with Crippen molar-refractivity contribution in [1.82, 2.24) is 20.1 Å². The van der Waals surface area contributed by atoms with Crippen molar-refractivity contribution in [3.05, 3.63) is 34.6 Å². The number of carbonyl (C=O) groups is 2. The molecule has 25 heavy (non-hydrogen) atoms. The van der Waals surface area contributed by atoms with Gasteiger partial charge in [-0.2, -0.15) is 5.10 Å². The summed E-state index contributed by atoms with van der Waals surface area (Å²) in [6, 6.07) is 7.84. The molecule has 1 heterocycles. The van der Waals surface area contributed by atoms with Gasteiger partial charge < -0.3 is 10.1 Å². The molecule has 2 N–H and O–H groups in total. The molecule has 1 aromatic carbocycles. The van der Waals surface area contributed by atoms with Crippen molar-refractivity contribution >= 4 is 24.1 Å². The Kier molecular flexibility index (Phi) is 6.88. The van der Waals surface area contributed by atoms with Gasteiger partial charge in [-0.05, 0) is 32.5 Å². The lowest BCUT2D eigenvalue weighted by atomic mass is 10.1. The molecule has 0 aliphatic heterocycles. The summed E-state index contributed by atoms with van der Waals surface area (Å²) in [5.41, 5.74) is 2.02. The van der Waals surface area contributed by atoms with Crippen molar-refractivity contribution in [2.24, 2.45) is 0 Å². The van der Waals surface area contributed by atoms with Crippen molar-refractivity contribution in [2.45, 2.75) is 33.2 Å². The van der Waals surface area contributed by atoms with Crippen LogP contribution >= 0.6 is 12.2 Å². The van der Waals surface area contributed by atoms with Gasteiger partial charge in [0.15, 0.2) is 10.6 Å². The van der Waals surface area contributed by atoms with Crippen LogP contribution in [0.25, 0.3) is 11.4 Å². The minimum absolute atomic E-state index is 0.0674. The molecule has 1 amide bonds. The molecule has 1 aromatic heterocycles. The molecule has 0 unspecified atom stereocenters. The molecule has 0 saturated carbocycles.